The number of ether oxygens (including phenoxy) is 1. The number of nitrogens with two attached hydrogens (primary N) is 1. The zero-order valence-electron chi connectivity index (χ0n) is 23.4. The number of carbonyl (C=O) groups excluding carboxylic acids is 3. The summed E-state index contributed by atoms with van der Waals surface area (Å²) in [5.41, 5.74) is 3.39. The van der Waals surface area contributed by atoms with Crippen molar-refractivity contribution in [2.24, 2.45) is 17.6 Å². The van der Waals surface area contributed by atoms with Gasteiger partial charge in [0.1, 0.15) is 29.0 Å². The van der Waals surface area contributed by atoms with Crippen molar-refractivity contribution in [3.8, 4) is 5.75 Å². The van der Waals surface area contributed by atoms with E-state index in [0.29, 0.717) is 11.1 Å². The molecule has 10 heteroatoms. The Bertz CT molecular complexity index is 1320. The van der Waals surface area contributed by atoms with Crippen LogP contribution < -0.4 is 5.73 Å². The zero-order chi connectivity index (χ0) is 29.4. The number of benzene rings is 1. The largest absolute Gasteiger partial charge is 0.510 e. The molecule has 0 aromatic heterocycles. The number of phenolic OH excluding ortho intramolecular Hbond substituents is 1. The number of fused-ring (bicyclic) bond motifs is 3. The molecule has 6 N–H and O–H groups in total. The first kappa shape index (κ1) is 28.6. The van der Waals surface area contributed by atoms with Crippen LogP contribution in [0.25, 0.3) is 5.76 Å². The average molecular weight is 543 g/mol. The molecule has 39 heavy (non-hydrogen) atoms. The molecule has 1 aromatic rings. The van der Waals surface area contributed by atoms with Crippen LogP contribution in [0.3, 0.4) is 0 Å². The van der Waals surface area contributed by atoms with Crippen molar-refractivity contribution >= 4 is 23.4 Å². The lowest BCUT2D eigenvalue weighted by molar-refractivity contribution is -0.185. The number of ketones is 1. The van der Waals surface area contributed by atoms with Gasteiger partial charge in [-0.15, -0.1) is 0 Å². The molecule has 0 radical (unpaired) electrons. The Balaban J connectivity index is 2.06. The normalized spacial score (nSPS) is 30.6. The lowest BCUT2D eigenvalue weighted by Crippen LogP contribution is -2.68. The second-order valence-electron chi connectivity index (χ2n) is 12.2. The Morgan fingerprint density at radius 3 is 2.31 bits per heavy atom. The summed E-state index contributed by atoms with van der Waals surface area (Å²) in [5, 5.41) is 46.1. The number of carbonyl (C=O) groups is 3. The quantitative estimate of drug-likeness (QED) is 0.359. The molecule has 4 rings (SSSR count). The van der Waals surface area contributed by atoms with Crippen molar-refractivity contribution < 1.29 is 39.5 Å². The first-order chi connectivity index (χ1) is 18.0. The highest BCUT2D eigenvalue weighted by Crippen LogP contribution is 2.57. The fourth-order valence-electron chi connectivity index (χ4n) is 6.67. The second-order valence-corrected chi connectivity index (χ2v) is 12.2. The van der Waals surface area contributed by atoms with Crippen molar-refractivity contribution in [3.05, 3.63) is 45.7 Å². The van der Waals surface area contributed by atoms with Crippen LogP contribution in [0.5, 0.6) is 5.75 Å². The summed E-state index contributed by atoms with van der Waals surface area (Å²) in [5.74, 6) is -6.19. The van der Waals surface area contributed by atoms with E-state index in [0.717, 1.165) is 0 Å². The maximum absolute atomic E-state index is 14.3. The van der Waals surface area contributed by atoms with Crippen LogP contribution in [0.2, 0.25) is 0 Å². The summed E-state index contributed by atoms with van der Waals surface area (Å²) >= 11 is 0. The lowest BCUT2D eigenvalue weighted by atomic mass is 9.54. The highest BCUT2D eigenvalue weighted by atomic mass is 16.5. The molecular formula is C29H38N2O8. The molecule has 0 bridgehead atoms. The minimum Gasteiger partial charge on any atom is -0.510 e. The maximum Gasteiger partial charge on any atom is 0.305 e. The first-order valence-electron chi connectivity index (χ1n) is 13.1. The summed E-state index contributed by atoms with van der Waals surface area (Å²) in [6, 6.07) is 2.46. The zero-order valence-corrected chi connectivity index (χ0v) is 23.4. The molecule has 1 amide bonds. The minimum absolute atomic E-state index is 0.00896. The van der Waals surface area contributed by atoms with Gasteiger partial charge in [0.2, 0.25) is 5.91 Å². The molecule has 212 valence electrons. The number of aromatic hydroxyl groups is 1. The number of rotatable bonds is 4. The molecule has 0 saturated heterocycles. The van der Waals surface area contributed by atoms with Crippen LogP contribution in [-0.4, -0.2) is 74.8 Å². The molecule has 1 aromatic carbocycles. The maximum atomic E-state index is 14.3. The number of amides is 1. The Morgan fingerprint density at radius 2 is 1.79 bits per heavy atom. The van der Waals surface area contributed by atoms with Gasteiger partial charge in [0.25, 0.3) is 0 Å². The number of aliphatic hydroxyl groups excluding tert-OH is 2. The number of aliphatic hydroxyl groups is 3. The van der Waals surface area contributed by atoms with E-state index in [4.69, 9.17) is 10.5 Å². The standard InChI is InChI=1S/C29H38N2O8/c1-8-16(32)39-25-17-12(2)13-9-10-15(28(3,4)5)23(34)18(13)24(35)19(17)26(36)29(38)11-14(27(30)37)22(33)21(20(25)29)31(6)7/h9-10,12,17,20-21,25,33-35,38H,8,11H2,1-7H3,(H2,30,37). The third-order valence-electron chi connectivity index (χ3n) is 8.56. The number of phenols is 1. The van der Waals surface area contributed by atoms with Crippen LogP contribution in [0.1, 0.15) is 70.1 Å². The monoisotopic (exact) mass is 542 g/mol. The summed E-state index contributed by atoms with van der Waals surface area (Å²) < 4.78 is 5.92. The van der Waals surface area contributed by atoms with Crippen LogP contribution >= 0.6 is 0 Å². The van der Waals surface area contributed by atoms with E-state index < -0.39 is 76.5 Å². The Morgan fingerprint density at radius 1 is 1.18 bits per heavy atom. The number of primary amides is 1. The lowest BCUT2D eigenvalue weighted by Gasteiger charge is -2.55. The Hall–Kier alpha value is -3.37. The van der Waals surface area contributed by atoms with Gasteiger partial charge in [-0.25, -0.2) is 0 Å². The van der Waals surface area contributed by atoms with Gasteiger partial charge >= 0.3 is 5.97 Å². The van der Waals surface area contributed by atoms with Crippen LogP contribution in [-0.2, 0) is 24.5 Å². The number of hydrogen-bond donors (Lipinski definition) is 5. The molecule has 3 aliphatic rings. The molecule has 6 atom stereocenters. The first-order valence-corrected chi connectivity index (χ1v) is 13.1. The second kappa shape index (κ2) is 9.38. The Labute approximate surface area is 227 Å². The van der Waals surface area contributed by atoms with Crippen LogP contribution in [0.15, 0.2) is 29.0 Å². The topological polar surface area (TPSA) is 171 Å². The van der Waals surface area contributed by atoms with Crippen molar-refractivity contribution in [2.45, 2.75) is 76.5 Å². The van der Waals surface area contributed by atoms with Crippen LogP contribution in [0.4, 0.5) is 0 Å². The van der Waals surface area contributed by atoms with E-state index in [2.05, 4.69) is 0 Å². The van der Waals surface area contributed by atoms with Gasteiger partial charge < -0.3 is 30.9 Å². The number of esters is 1. The third kappa shape index (κ3) is 4.12. The van der Waals surface area contributed by atoms with Gasteiger partial charge in [-0.2, -0.15) is 0 Å². The van der Waals surface area contributed by atoms with Gasteiger partial charge in [0, 0.05) is 29.9 Å². The van der Waals surface area contributed by atoms with E-state index in [9.17, 15) is 34.8 Å². The molecule has 0 aliphatic heterocycles. The number of hydrogen-bond acceptors (Lipinski definition) is 9. The number of likely N-dealkylation sites (N-methyl/N-ethyl adjacent to an activating group) is 1. The fraction of sp³-hybridized carbons (Fsp3) is 0.552. The summed E-state index contributed by atoms with van der Waals surface area (Å²) in [4.78, 5) is 40.8. The van der Waals surface area contributed by atoms with Gasteiger partial charge in [-0.3, -0.25) is 19.3 Å². The van der Waals surface area contributed by atoms with E-state index in [1.165, 1.54) is 4.90 Å². The summed E-state index contributed by atoms with van der Waals surface area (Å²) in [6.07, 6.45) is -1.79. The Kier molecular flexibility index (Phi) is 6.88. The summed E-state index contributed by atoms with van der Waals surface area (Å²) in [6.45, 7) is 9.12. The molecule has 0 spiro atoms. The molecular weight excluding hydrogens is 504 g/mol. The number of Topliss-reactive ketones (excluding diaryl/α,β-unsaturated/α-hetero) is 1. The fourth-order valence-corrected chi connectivity index (χ4v) is 6.67. The molecule has 1 saturated carbocycles. The van der Waals surface area contributed by atoms with Gasteiger partial charge in [-0.1, -0.05) is 46.8 Å². The van der Waals surface area contributed by atoms with Crippen LogP contribution in [0, 0.1) is 11.8 Å². The van der Waals surface area contributed by atoms with Gasteiger partial charge in [0.05, 0.1) is 23.1 Å². The van der Waals surface area contributed by atoms with E-state index >= 15 is 0 Å². The number of nitrogens with zero attached hydrogens (tertiary/aromatic N) is 1. The van der Waals surface area contributed by atoms with Gasteiger partial charge in [0.15, 0.2) is 5.78 Å². The predicted molar refractivity (Wildman–Crippen MR) is 143 cm³/mol. The predicted octanol–water partition coefficient (Wildman–Crippen LogP) is 2.58. The van der Waals surface area contributed by atoms with E-state index in [1.807, 2.05) is 20.8 Å². The van der Waals surface area contributed by atoms with Crippen molar-refractivity contribution in [2.75, 3.05) is 14.1 Å². The summed E-state index contributed by atoms with van der Waals surface area (Å²) in [7, 11) is 3.20. The highest BCUT2D eigenvalue weighted by molar-refractivity contribution is 6.11. The average Bonchev–Trinajstić information content (AvgIpc) is 2.83. The van der Waals surface area contributed by atoms with Gasteiger partial charge in [-0.05, 0) is 31.0 Å². The third-order valence-corrected chi connectivity index (χ3v) is 8.56. The SMILES string of the molecule is CCC(=O)OC1C2C(=C(O)c3c(ccc(C(C)(C)C)c3O)C2C)C(=O)C2(O)CC(C(N)=O)=C(O)C(N(C)C)C12. The molecule has 10 nitrogen and oxygen atoms in total. The minimum atomic E-state index is -2.35. The smallest absolute Gasteiger partial charge is 0.305 e. The van der Waals surface area contributed by atoms with E-state index in [-0.39, 0.29) is 28.9 Å². The van der Waals surface area contributed by atoms with E-state index in [1.54, 1.807) is 40.1 Å². The van der Waals surface area contributed by atoms with Crippen molar-refractivity contribution in [1.82, 2.24) is 4.90 Å². The molecule has 1 fully saturated rings. The molecule has 0 heterocycles. The van der Waals surface area contributed by atoms with Crippen molar-refractivity contribution in [1.29, 1.82) is 0 Å². The highest BCUT2D eigenvalue weighted by Gasteiger charge is 2.66. The molecule has 6 unspecified atom stereocenters. The van der Waals surface area contributed by atoms with Crippen molar-refractivity contribution in [3.63, 3.8) is 0 Å². The molecule has 3 aliphatic carbocycles.